The average Bonchev–Trinajstić information content (AvgIpc) is 2.28. The first kappa shape index (κ1) is 18.8. The number of rotatable bonds is 10. The zero-order valence-corrected chi connectivity index (χ0v) is 13.0. The smallest absolute Gasteiger partial charge is 0.199 e. The summed E-state index contributed by atoms with van der Waals surface area (Å²) in [4.78, 5) is 0. The summed E-state index contributed by atoms with van der Waals surface area (Å²) in [5, 5.41) is 10.7. The summed E-state index contributed by atoms with van der Waals surface area (Å²) < 4.78 is 0. The molecule has 0 atom stereocenters. The van der Waals surface area contributed by atoms with Gasteiger partial charge in [0.25, 0.3) is 0 Å². The van der Waals surface area contributed by atoms with Gasteiger partial charge in [-0.25, -0.2) is 0 Å². The fraction of sp³-hybridized carbons (Fsp3) is 1.00. The maximum atomic E-state index is 7.57. The second kappa shape index (κ2) is 20.9. The van der Waals surface area contributed by atoms with Crippen LogP contribution in [0.5, 0.6) is 0 Å². The largest absolute Gasteiger partial charge is 0.397 e. The topological polar surface area (TPSA) is 20.2 Å². The van der Waals surface area contributed by atoms with Gasteiger partial charge in [0.05, 0.1) is 0 Å². The molecule has 0 unspecified atom stereocenters. The minimum absolute atomic E-state index is 0.250. The number of aliphatic hydroxyl groups is 1. The van der Waals surface area contributed by atoms with E-state index < -0.39 is 0 Å². The van der Waals surface area contributed by atoms with Crippen molar-refractivity contribution in [1.29, 1.82) is 0 Å². The molecular formula is C14H32AlO. The molecule has 0 aromatic carbocycles. The van der Waals surface area contributed by atoms with Crippen LogP contribution in [-0.2, 0) is 0 Å². The van der Waals surface area contributed by atoms with Crippen molar-refractivity contribution in [2.24, 2.45) is 0 Å². The van der Waals surface area contributed by atoms with E-state index in [4.69, 9.17) is 5.11 Å². The Hall–Kier alpha value is 0.492. The standard InChI is InChI=1S/2C6H13.C2H6O.Al/c2*1-3-5-6-4-2;1-2-3;/h2*1,3-6H2,2H3;3H,2H2,1H3;. The highest BCUT2D eigenvalue weighted by Crippen LogP contribution is 2.06. The third-order valence-corrected chi connectivity index (χ3v) is 4.16. The summed E-state index contributed by atoms with van der Waals surface area (Å²) in [6, 6.07) is 0. The molecule has 0 heterocycles. The van der Waals surface area contributed by atoms with E-state index in [0.717, 1.165) is 15.2 Å². The summed E-state index contributed by atoms with van der Waals surface area (Å²) in [5.74, 6) is 0. The molecule has 1 radical (unpaired) electrons. The third kappa shape index (κ3) is 24.0. The van der Waals surface area contributed by atoms with Crippen molar-refractivity contribution in [3.8, 4) is 0 Å². The molecule has 0 spiro atoms. The molecule has 0 fully saturated rings. The molecule has 97 valence electrons. The van der Waals surface area contributed by atoms with E-state index >= 15 is 0 Å². The fourth-order valence-corrected chi connectivity index (χ4v) is 3.02. The van der Waals surface area contributed by atoms with Crippen molar-refractivity contribution >= 4 is 15.2 Å². The normalized spacial score (nSPS) is 9.50. The minimum Gasteiger partial charge on any atom is -0.397 e. The van der Waals surface area contributed by atoms with Gasteiger partial charge in [0.1, 0.15) is 0 Å². The maximum Gasteiger partial charge on any atom is 0.199 e. The Kier molecular flexibility index (Phi) is 24.6. The van der Waals surface area contributed by atoms with Gasteiger partial charge in [0.15, 0.2) is 15.2 Å². The highest BCUT2D eigenvalue weighted by molar-refractivity contribution is 6.35. The molecular weight excluding hydrogens is 211 g/mol. The number of hydrogen-bond donors (Lipinski definition) is 1. The number of hydrogen-bond acceptors (Lipinski definition) is 1. The SMILES string of the molecule is CCCCC[CH2][Al][CH2]CCCCC.CCO. The van der Waals surface area contributed by atoms with Crippen molar-refractivity contribution in [2.75, 3.05) is 6.61 Å². The lowest BCUT2D eigenvalue weighted by Crippen LogP contribution is -1.89. The van der Waals surface area contributed by atoms with Gasteiger partial charge in [-0.3, -0.25) is 0 Å². The molecule has 0 saturated heterocycles. The third-order valence-electron chi connectivity index (χ3n) is 2.52. The maximum absolute atomic E-state index is 7.57. The average molecular weight is 243 g/mol. The van der Waals surface area contributed by atoms with Crippen molar-refractivity contribution in [3.63, 3.8) is 0 Å². The van der Waals surface area contributed by atoms with E-state index in [1.807, 2.05) is 0 Å². The molecule has 0 aliphatic rings. The molecule has 0 aromatic rings. The quantitative estimate of drug-likeness (QED) is 0.436. The molecule has 0 amide bonds. The Balaban J connectivity index is 0. The van der Waals surface area contributed by atoms with Crippen LogP contribution in [0.15, 0.2) is 0 Å². The summed E-state index contributed by atoms with van der Waals surface area (Å²) in [5.41, 5.74) is 0. The molecule has 0 bridgehead atoms. The molecule has 0 aromatic heterocycles. The van der Waals surface area contributed by atoms with E-state index in [1.54, 1.807) is 17.5 Å². The molecule has 0 aliphatic heterocycles. The Morgan fingerprint density at radius 1 is 0.688 bits per heavy atom. The van der Waals surface area contributed by atoms with Crippen LogP contribution in [0.3, 0.4) is 0 Å². The van der Waals surface area contributed by atoms with Gasteiger partial charge in [-0.1, -0.05) is 65.2 Å². The van der Waals surface area contributed by atoms with Crippen LogP contribution in [0.25, 0.3) is 0 Å². The molecule has 0 aliphatic carbocycles. The van der Waals surface area contributed by atoms with Gasteiger partial charge < -0.3 is 5.11 Å². The Bertz CT molecular complexity index is 86.7. The van der Waals surface area contributed by atoms with Crippen LogP contribution < -0.4 is 0 Å². The number of unbranched alkanes of at least 4 members (excludes halogenated alkanes) is 6. The Labute approximate surface area is 110 Å². The van der Waals surface area contributed by atoms with E-state index in [1.165, 1.54) is 51.4 Å². The second-order valence-electron chi connectivity index (χ2n) is 4.30. The van der Waals surface area contributed by atoms with Crippen molar-refractivity contribution in [1.82, 2.24) is 0 Å². The first-order chi connectivity index (χ1) is 7.83. The van der Waals surface area contributed by atoms with Crippen molar-refractivity contribution in [2.45, 2.75) is 82.7 Å². The Morgan fingerprint density at radius 2 is 1.06 bits per heavy atom. The molecule has 2 heteroatoms. The summed E-state index contributed by atoms with van der Waals surface area (Å²) >= 11 is 0.805. The summed E-state index contributed by atoms with van der Waals surface area (Å²) in [6.45, 7) is 6.51. The van der Waals surface area contributed by atoms with Crippen LogP contribution in [0.2, 0.25) is 10.6 Å². The van der Waals surface area contributed by atoms with Crippen molar-refractivity contribution < 1.29 is 5.11 Å². The zero-order valence-electron chi connectivity index (χ0n) is 11.8. The summed E-state index contributed by atoms with van der Waals surface area (Å²) in [7, 11) is 0. The molecule has 1 nitrogen and oxygen atoms in total. The van der Waals surface area contributed by atoms with Crippen LogP contribution >= 0.6 is 0 Å². The predicted molar refractivity (Wildman–Crippen MR) is 76.4 cm³/mol. The van der Waals surface area contributed by atoms with E-state index in [9.17, 15) is 0 Å². The van der Waals surface area contributed by atoms with Gasteiger partial charge in [0, 0.05) is 6.61 Å². The lowest BCUT2D eigenvalue weighted by Gasteiger charge is -1.99. The van der Waals surface area contributed by atoms with Crippen LogP contribution in [0, 0.1) is 0 Å². The fourth-order valence-electron chi connectivity index (χ4n) is 1.58. The highest BCUT2D eigenvalue weighted by atomic mass is 27.1. The Morgan fingerprint density at radius 3 is 1.38 bits per heavy atom. The number of aliphatic hydroxyl groups excluding tert-OH is 1. The lowest BCUT2D eigenvalue weighted by atomic mass is 10.2. The monoisotopic (exact) mass is 243 g/mol. The first-order valence-corrected chi connectivity index (χ1v) is 8.89. The van der Waals surface area contributed by atoms with Gasteiger partial charge in [0.2, 0.25) is 0 Å². The first-order valence-electron chi connectivity index (χ1n) is 7.25. The molecule has 1 N–H and O–H groups in total. The van der Waals surface area contributed by atoms with Gasteiger partial charge >= 0.3 is 0 Å². The van der Waals surface area contributed by atoms with Crippen LogP contribution in [-0.4, -0.2) is 26.9 Å². The van der Waals surface area contributed by atoms with Gasteiger partial charge in [-0.15, -0.1) is 10.6 Å². The van der Waals surface area contributed by atoms with Crippen LogP contribution in [0.1, 0.15) is 72.1 Å². The van der Waals surface area contributed by atoms with Gasteiger partial charge in [-0.2, -0.15) is 0 Å². The van der Waals surface area contributed by atoms with Gasteiger partial charge in [-0.05, 0) is 6.92 Å². The predicted octanol–water partition coefficient (Wildman–Crippen LogP) is 4.69. The minimum atomic E-state index is 0.250. The summed E-state index contributed by atoms with van der Waals surface area (Å²) in [6.07, 6.45) is 11.7. The lowest BCUT2D eigenvalue weighted by molar-refractivity contribution is 0.318. The zero-order chi connectivity index (χ0) is 12.5. The van der Waals surface area contributed by atoms with E-state index in [0.29, 0.717) is 0 Å². The van der Waals surface area contributed by atoms with Crippen LogP contribution in [0.4, 0.5) is 0 Å². The van der Waals surface area contributed by atoms with E-state index in [2.05, 4.69) is 13.8 Å². The molecule has 16 heavy (non-hydrogen) atoms. The molecule has 0 saturated carbocycles. The highest BCUT2D eigenvalue weighted by Gasteiger charge is 1.93. The van der Waals surface area contributed by atoms with Crippen molar-refractivity contribution in [3.05, 3.63) is 0 Å². The molecule has 0 rings (SSSR count). The van der Waals surface area contributed by atoms with E-state index in [-0.39, 0.29) is 6.61 Å². The second-order valence-corrected chi connectivity index (χ2v) is 6.04.